The molecule has 3 heteroatoms. The Kier molecular flexibility index (Phi) is 5.20. The summed E-state index contributed by atoms with van der Waals surface area (Å²) in [4.78, 5) is 2.66. The Hall–Kier alpha value is -1.74. The first-order valence-corrected chi connectivity index (χ1v) is 10.3. The van der Waals surface area contributed by atoms with Crippen LogP contribution in [-0.4, -0.2) is 18.1 Å². The molecule has 0 spiro atoms. The standard InChI is InChI=1S/C24H35BN2/c1-17(2)20-15-12-16-21(18(3)4)22(20)27-24(7,8)23(5,6)26-25(27)19-13-10-9-11-14-19/h9-18,26H,1-8H3. The number of nitrogens with one attached hydrogen (secondary N) is 1. The Morgan fingerprint density at radius 1 is 0.778 bits per heavy atom. The quantitative estimate of drug-likeness (QED) is 0.743. The van der Waals surface area contributed by atoms with E-state index >= 15 is 0 Å². The second-order valence-corrected chi connectivity index (χ2v) is 9.61. The normalized spacial score (nSPS) is 18.6. The van der Waals surface area contributed by atoms with Crippen molar-refractivity contribution in [1.29, 1.82) is 0 Å². The third-order valence-electron chi connectivity index (χ3n) is 6.59. The van der Waals surface area contributed by atoms with Crippen molar-refractivity contribution in [3.05, 3.63) is 59.7 Å². The van der Waals surface area contributed by atoms with Crippen LogP contribution in [0.3, 0.4) is 0 Å². The number of para-hydroxylation sites is 1. The van der Waals surface area contributed by atoms with Gasteiger partial charge in [0.1, 0.15) is 0 Å². The molecule has 144 valence electrons. The van der Waals surface area contributed by atoms with Gasteiger partial charge in [0, 0.05) is 16.8 Å². The van der Waals surface area contributed by atoms with Gasteiger partial charge in [0.25, 0.3) is 0 Å². The first-order chi connectivity index (χ1) is 12.6. The molecule has 0 aromatic heterocycles. The molecule has 3 rings (SSSR count). The van der Waals surface area contributed by atoms with Crippen LogP contribution in [0.1, 0.15) is 78.4 Å². The lowest BCUT2D eigenvalue weighted by molar-refractivity contribution is 0.317. The van der Waals surface area contributed by atoms with Crippen LogP contribution in [0.4, 0.5) is 5.69 Å². The van der Waals surface area contributed by atoms with Crippen molar-refractivity contribution < 1.29 is 0 Å². The largest absolute Gasteiger partial charge is 0.390 e. The molecule has 0 bridgehead atoms. The highest BCUT2D eigenvalue weighted by atomic mass is 15.3. The Morgan fingerprint density at radius 2 is 1.30 bits per heavy atom. The molecule has 0 aliphatic carbocycles. The molecule has 2 aromatic rings. The molecule has 1 aliphatic heterocycles. The van der Waals surface area contributed by atoms with Gasteiger partial charge in [-0.3, -0.25) is 0 Å². The molecule has 0 unspecified atom stereocenters. The maximum atomic E-state index is 3.94. The van der Waals surface area contributed by atoms with Crippen LogP contribution in [0.2, 0.25) is 0 Å². The topological polar surface area (TPSA) is 15.3 Å². The van der Waals surface area contributed by atoms with Gasteiger partial charge in [0.15, 0.2) is 0 Å². The van der Waals surface area contributed by atoms with Gasteiger partial charge in [0.2, 0.25) is 0 Å². The molecular formula is C24H35BN2. The molecule has 1 N–H and O–H groups in total. The Bertz CT molecular complexity index is 767. The molecule has 2 aromatic carbocycles. The number of rotatable bonds is 4. The summed E-state index contributed by atoms with van der Waals surface area (Å²) in [6.07, 6.45) is 0. The smallest absolute Gasteiger partial charge is 0.376 e. The average Bonchev–Trinajstić information content (AvgIpc) is 2.79. The van der Waals surface area contributed by atoms with Crippen molar-refractivity contribution in [3.63, 3.8) is 0 Å². The van der Waals surface area contributed by atoms with E-state index in [1.54, 1.807) is 0 Å². The first-order valence-electron chi connectivity index (χ1n) is 10.3. The van der Waals surface area contributed by atoms with E-state index in [0.717, 1.165) is 0 Å². The van der Waals surface area contributed by atoms with Gasteiger partial charge in [-0.25, -0.2) is 0 Å². The minimum atomic E-state index is -0.0395. The zero-order valence-corrected chi connectivity index (χ0v) is 18.3. The van der Waals surface area contributed by atoms with Crippen LogP contribution < -0.4 is 15.5 Å². The van der Waals surface area contributed by atoms with Crippen LogP contribution >= 0.6 is 0 Å². The van der Waals surface area contributed by atoms with Crippen molar-refractivity contribution in [2.75, 3.05) is 4.81 Å². The average molecular weight is 362 g/mol. The summed E-state index contributed by atoms with van der Waals surface area (Å²) >= 11 is 0. The van der Waals surface area contributed by atoms with Gasteiger partial charge < -0.3 is 10.0 Å². The highest BCUT2D eigenvalue weighted by molar-refractivity contribution is 6.76. The number of hydrogen-bond donors (Lipinski definition) is 1. The van der Waals surface area contributed by atoms with Gasteiger partial charge in [-0.1, -0.05) is 76.2 Å². The lowest BCUT2D eigenvalue weighted by atomic mass is 9.65. The summed E-state index contributed by atoms with van der Waals surface area (Å²) in [5, 5.41) is 3.94. The molecule has 0 amide bonds. The molecule has 0 atom stereocenters. The fourth-order valence-electron chi connectivity index (χ4n) is 4.27. The SMILES string of the molecule is CC(C)c1cccc(C(C)C)c1N1B(c2ccccc2)NC(C)(C)C1(C)C. The van der Waals surface area contributed by atoms with Gasteiger partial charge in [-0.05, 0) is 56.1 Å². The van der Waals surface area contributed by atoms with E-state index in [1.165, 1.54) is 22.3 Å². The second kappa shape index (κ2) is 7.02. The first kappa shape index (κ1) is 20.0. The fraction of sp³-hybridized carbons (Fsp3) is 0.500. The van der Waals surface area contributed by atoms with Crippen molar-refractivity contribution >= 4 is 18.1 Å². The van der Waals surface area contributed by atoms with E-state index in [9.17, 15) is 0 Å². The van der Waals surface area contributed by atoms with E-state index in [0.29, 0.717) is 11.8 Å². The lowest BCUT2D eigenvalue weighted by Crippen LogP contribution is -2.56. The van der Waals surface area contributed by atoms with E-state index < -0.39 is 0 Å². The molecule has 1 aliphatic rings. The molecular weight excluding hydrogens is 327 g/mol. The summed E-state index contributed by atoms with van der Waals surface area (Å²) in [6, 6.07) is 17.7. The van der Waals surface area contributed by atoms with E-state index in [1.807, 2.05) is 0 Å². The molecule has 0 saturated carbocycles. The van der Waals surface area contributed by atoms with Gasteiger partial charge >= 0.3 is 6.98 Å². The highest BCUT2D eigenvalue weighted by Gasteiger charge is 2.55. The van der Waals surface area contributed by atoms with Gasteiger partial charge in [0.05, 0.1) is 0 Å². The number of anilines is 1. The zero-order valence-electron chi connectivity index (χ0n) is 18.3. The Labute approximate surface area is 166 Å². The van der Waals surface area contributed by atoms with Gasteiger partial charge in [-0.15, -0.1) is 0 Å². The van der Waals surface area contributed by atoms with Crippen LogP contribution in [-0.2, 0) is 0 Å². The predicted octanol–water partition coefficient (Wildman–Crippen LogP) is 5.30. The molecule has 1 saturated heterocycles. The van der Waals surface area contributed by atoms with Crippen LogP contribution in [0, 0.1) is 0 Å². The van der Waals surface area contributed by atoms with E-state index in [-0.39, 0.29) is 18.1 Å². The molecule has 2 nitrogen and oxygen atoms in total. The van der Waals surface area contributed by atoms with Gasteiger partial charge in [-0.2, -0.15) is 0 Å². The van der Waals surface area contributed by atoms with E-state index in [2.05, 4.69) is 114 Å². The maximum Gasteiger partial charge on any atom is 0.376 e. The monoisotopic (exact) mass is 362 g/mol. The summed E-state index contributed by atoms with van der Waals surface area (Å²) in [5.74, 6) is 0.962. The minimum Gasteiger partial charge on any atom is -0.390 e. The minimum absolute atomic E-state index is 0.0220. The number of nitrogens with zero attached hydrogens (tertiary/aromatic N) is 1. The second-order valence-electron chi connectivity index (χ2n) is 9.61. The Morgan fingerprint density at radius 3 is 1.78 bits per heavy atom. The summed E-state index contributed by atoms with van der Waals surface area (Å²) in [6.45, 7) is 18.8. The molecule has 1 fully saturated rings. The summed E-state index contributed by atoms with van der Waals surface area (Å²) < 4.78 is 0. The highest BCUT2D eigenvalue weighted by Crippen LogP contribution is 2.44. The van der Waals surface area contributed by atoms with Crippen LogP contribution in [0.15, 0.2) is 48.5 Å². The van der Waals surface area contributed by atoms with Crippen molar-refractivity contribution in [1.82, 2.24) is 5.23 Å². The maximum absolute atomic E-state index is 3.94. The fourth-order valence-corrected chi connectivity index (χ4v) is 4.27. The lowest BCUT2D eigenvalue weighted by Gasteiger charge is -2.45. The Balaban J connectivity index is 2.29. The third-order valence-corrected chi connectivity index (χ3v) is 6.59. The molecule has 0 radical (unpaired) electrons. The predicted molar refractivity (Wildman–Crippen MR) is 120 cm³/mol. The summed E-state index contributed by atoms with van der Waals surface area (Å²) in [7, 11) is 0. The third kappa shape index (κ3) is 3.31. The number of benzene rings is 2. The summed E-state index contributed by atoms with van der Waals surface area (Å²) in [5.41, 5.74) is 5.56. The van der Waals surface area contributed by atoms with E-state index in [4.69, 9.17) is 0 Å². The molecule has 1 heterocycles. The van der Waals surface area contributed by atoms with Crippen LogP contribution in [0.5, 0.6) is 0 Å². The van der Waals surface area contributed by atoms with Crippen LogP contribution in [0.25, 0.3) is 0 Å². The number of hydrogen-bond acceptors (Lipinski definition) is 2. The van der Waals surface area contributed by atoms with Crippen molar-refractivity contribution in [3.8, 4) is 0 Å². The van der Waals surface area contributed by atoms with Crippen molar-refractivity contribution in [2.45, 2.75) is 78.3 Å². The molecule has 27 heavy (non-hydrogen) atoms. The zero-order chi connectivity index (χ0) is 20.0. The van der Waals surface area contributed by atoms with Crippen molar-refractivity contribution in [2.24, 2.45) is 0 Å².